The Hall–Kier alpha value is -1.35. The van der Waals surface area contributed by atoms with Gasteiger partial charge in [0.25, 0.3) is 0 Å². The van der Waals surface area contributed by atoms with Gasteiger partial charge in [-0.15, -0.1) is 0 Å². The van der Waals surface area contributed by atoms with Crippen LogP contribution in [0.2, 0.25) is 0 Å². The SMILES string of the molecule is CNCCOC(=O)c1ccccc1C. The van der Waals surface area contributed by atoms with E-state index in [1.807, 2.05) is 32.2 Å². The third-order valence-electron chi connectivity index (χ3n) is 1.95. The third-order valence-corrected chi connectivity index (χ3v) is 1.95. The van der Waals surface area contributed by atoms with Gasteiger partial charge in [-0.2, -0.15) is 0 Å². The van der Waals surface area contributed by atoms with Crippen LogP contribution in [0.1, 0.15) is 15.9 Å². The van der Waals surface area contributed by atoms with Gasteiger partial charge < -0.3 is 10.1 Å². The van der Waals surface area contributed by atoms with Gasteiger partial charge in [0, 0.05) is 6.54 Å². The molecule has 0 saturated carbocycles. The van der Waals surface area contributed by atoms with Crippen molar-refractivity contribution in [3.05, 3.63) is 35.4 Å². The molecule has 0 radical (unpaired) electrons. The van der Waals surface area contributed by atoms with Crippen molar-refractivity contribution in [3.8, 4) is 0 Å². The molecule has 0 aliphatic rings. The zero-order chi connectivity index (χ0) is 10.4. The fraction of sp³-hybridized carbons (Fsp3) is 0.364. The van der Waals surface area contributed by atoms with Crippen molar-refractivity contribution in [1.29, 1.82) is 0 Å². The number of hydrogen-bond acceptors (Lipinski definition) is 3. The molecule has 0 atom stereocenters. The molecule has 0 aliphatic heterocycles. The maximum atomic E-state index is 11.5. The van der Waals surface area contributed by atoms with E-state index in [0.717, 1.165) is 5.56 Å². The molecular weight excluding hydrogens is 178 g/mol. The van der Waals surface area contributed by atoms with Gasteiger partial charge in [-0.3, -0.25) is 0 Å². The molecule has 1 rings (SSSR count). The monoisotopic (exact) mass is 193 g/mol. The summed E-state index contributed by atoms with van der Waals surface area (Å²) in [6.07, 6.45) is 0. The van der Waals surface area contributed by atoms with Crippen LogP contribution in [0, 0.1) is 6.92 Å². The highest BCUT2D eigenvalue weighted by molar-refractivity contribution is 5.90. The minimum absolute atomic E-state index is 0.252. The number of nitrogens with one attached hydrogen (secondary N) is 1. The van der Waals surface area contributed by atoms with Crippen LogP contribution in [0.3, 0.4) is 0 Å². The van der Waals surface area contributed by atoms with Crippen LogP contribution in [-0.2, 0) is 4.74 Å². The van der Waals surface area contributed by atoms with E-state index in [1.54, 1.807) is 6.07 Å². The summed E-state index contributed by atoms with van der Waals surface area (Å²) >= 11 is 0. The van der Waals surface area contributed by atoms with E-state index in [1.165, 1.54) is 0 Å². The van der Waals surface area contributed by atoms with Crippen LogP contribution in [0.15, 0.2) is 24.3 Å². The Bertz CT molecular complexity index is 310. The van der Waals surface area contributed by atoms with Crippen LogP contribution >= 0.6 is 0 Å². The smallest absolute Gasteiger partial charge is 0.338 e. The normalized spacial score (nSPS) is 9.86. The first-order valence-electron chi connectivity index (χ1n) is 4.63. The number of likely N-dealkylation sites (N-methyl/N-ethyl adjacent to an activating group) is 1. The van der Waals surface area contributed by atoms with Crippen molar-refractivity contribution in [1.82, 2.24) is 5.32 Å². The molecule has 0 spiro atoms. The van der Waals surface area contributed by atoms with Crippen LogP contribution < -0.4 is 5.32 Å². The topological polar surface area (TPSA) is 38.3 Å². The molecular formula is C11H15NO2. The van der Waals surface area contributed by atoms with E-state index < -0.39 is 0 Å². The van der Waals surface area contributed by atoms with Gasteiger partial charge in [-0.05, 0) is 25.6 Å². The maximum Gasteiger partial charge on any atom is 0.338 e. The number of rotatable bonds is 4. The van der Waals surface area contributed by atoms with Gasteiger partial charge in [0.15, 0.2) is 0 Å². The Morgan fingerprint density at radius 3 is 2.79 bits per heavy atom. The van der Waals surface area contributed by atoms with Gasteiger partial charge in [0.2, 0.25) is 0 Å². The second-order valence-electron chi connectivity index (χ2n) is 3.05. The fourth-order valence-electron chi connectivity index (χ4n) is 1.13. The van der Waals surface area contributed by atoms with Crippen molar-refractivity contribution < 1.29 is 9.53 Å². The first-order valence-corrected chi connectivity index (χ1v) is 4.63. The summed E-state index contributed by atoms with van der Waals surface area (Å²) in [6, 6.07) is 7.41. The minimum atomic E-state index is -0.252. The van der Waals surface area contributed by atoms with E-state index in [2.05, 4.69) is 5.32 Å². The predicted molar refractivity (Wildman–Crippen MR) is 55.4 cm³/mol. The number of carbonyl (C=O) groups is 1. The van der Waals surface area contributed by atoms with Gasteiger partial charge >= 0.3 is 5.97 Å². The number of esters is 1. The molecule has 3 heteroatoms. The average molecular weight is 193 g/mol. The van der Waals surface area contributed by atoms with E-state index in [-0.39, 0.29) is 5.97 Å². The standard InChI is InChI=1S/C11H15NO2/c1-9-5-3-4-6-10(9)11(13)14-8-7-12-2/h3-6,12H,7-8H2,1-2H3. The molecule has 14 heavy (non-hydrogen) atoms. The van der Waals surface area contributed by atoms with E-state index in [9.17, 15) is 4.79 Å². The van der Waals surface area contributed by atoms with Crippen molar-refractivity contribution in [3.63, 3.8) is 0 Å². The van der Waals surface area contributed by atoms with Gasteiger partial charge in [-0.25, -0.2) is 4.79 Å². The fourth-order valence-corrected chi connectivity index (χ4v) is 1.13. The number of ether oxygens (including phenoxy) is 1. The van der Waals surface area contributed by atoms with Crippen LogP contribution in [0.4, 0.5) is 0 Å². The lowest BCUT2D eigenvalue weighted by atomic mass is 10.1. The lowest BCUT2D eigenvalue weighted by Gasteiger charge is -2.06. The lowest BCUT2D eigenvalue weighted by Crippen LogP contribution is -2.17. The Morgan fingerprint density at radius 2 is 2.14 bits per heavy atom. The van der Waals surface area contributed by atoms with Crippen molar-refractivity contribution in [2.45, 2.75) is 6.92 Å². The third kappa shape index (κ3) is 2.85. The van der Waals surface area contributed by atoms with Crippen molar-refractivity contribution in [2.24, 2.45) is 0 Å². The summed E-state index contributed by atoms with van der Waals surface area (Å²) in [7, 11) is 1.82. The van der Waals surface area contributed by atoms with Crippen LogP contribution in [0.5, 0.6) is 0 Å². The molecule has 0 heterocycles. The summed E-state index contributed by atoms with van der Waals surface area (Å²) in [5, 5.41) is 2.91. The van der Waals surface area contributed by atoms with E-state index >= 15 is 0 Å². The van der Waals surface area contributed by atoms with Crippen molar-refractivity contribution >= 4 is 5.97 Å². The lowest BCUT2D eigenvalue weighted by molar-refractivity contribution is 0.0509. The van der Waals surface area contributed by atoms with Crippen LogP contribution in [0.25, 0.3) is 0 Å². The second kappa shape index (κ2) is 5.40. The molecule has 1 aromatic rings. The van der Waals surface area contributed by atoms with Crippen LogP contribution in [-0.4, -0.2) is 26.2 Å². The maximum absolute atomic E-state index is 11.5. The first-order chi connectivity index (χ1) is 6.75. The number of hydrogen-bond donors (Lipinski definition) is 1. The second-order valence-corrected chi connectivity index (χ2v) is 3.05. The molecule has 0 bridgehead atoms. The molecule has 3 nitrogen and oxygen atoms in total. The van der Waals surface area contributed by atoms with Gasteiger partial charge in [0.05, 0.1) is 5.56 Å². The van der Waals surface area contributed by atoms with Crippen molar-refractivity contribution in [2.75, 3.05) is 20.2 Å². The summed E-state index contributed by atoms with van der Waals surface area (Å²) in [5.74, 6) is -0.252. The Balaban J connectivity index is 2.56. The summed E-state index contributed by atoms with van der Waals surface area (Å²) in [6.45, 7) is 2.98. The Kier molecular flexibility index (Phi) is 4.13. The van der Waals surface area contributed by atoms with Gasteiger partial charge in [0.1, 0.15) is 6.61 Å². The number of aryl methyl sites for hydroxylation is 1. The zero-order valence-electron chi connectivity index (χ0n) is 8.54. The molecule has 1 aromatic carbocycles. The number of carbonyl (C=O) groups excluding carboxylic acids is 1. The van der Waals surface area contributed by atoms with Gasteiger partial charge in [-0.1, -0.05) is 18.2 Å². The Morgan fingerprint density at radius 1 is 1.43 bits per heavy atom. The molecule has 0 aromatic heterocycles. The Labute approximate surface area is 84.1 Å². The average Bonchev–Trinajstić information content (AvgIpc) is 2.18. The molecule has 1 N–H and O–H groups in total. The highest BCUT2D eigenvalue weighted by Crippen LogP contribution is 2.07. The minimum Gasteiger partial charge on any atom is -0.461 e. The van der Waals surface area contributed by atoms with E-state index in [0.29, 0.717) is 18.7 Å². The van der Waals surface area contributed by atoms with E-state index in [4.69, 9.17) is 4.74 Å². The highest BCUT2D eigenvalue weighted by atomic mass is 16.5. The molecule has 0 amide bonds. The summed E-state index contributed by atoms with van der Waals surface area (Å²) < 4.78 is 5.05. The summed E-state index contributed by atoms with van der Waals surface area (Å²) in [5.41, 5.74) is 1.59. The first kappa shape index (κ1) is 10.7. The molecule has 0 saturated heterocycles. The molecule has 0 aliphatic carbocycles. The highest BCUT2D eigenvalue weighted by Gasteiger charge is 2.08. The quantitative estimate of drug-likeness (QED) is 0.579. The molecule has 76 valence electrons. The molecule has 0 fully saturated rings. The zero-order valence-corrected chi connectivity index (χ0v) is 8.54. The predicted octanol–water partition coefficient (Wildman–Crippen LogP) is 1.37. The summed E-state index contributed by atoms with van der Waals surface area (Å²) in [4.78, 5) is 11.5. The number of benzene rings is 1. The largest absolute Gasteiger partial charge is 0.461 e. The molecule has 0 unspecified atom stereocenters.